The van der Waals surface area contributed by atoms with Crippen LogP contribution in [0.2, 0.25) is 0 Å². The number of aryl methyl sites for hydroxylation is 1. The molecule has 0 saturated heterocycles. The Labute approximate surface area is 114 Å². The van der Waals surface area contributed by atoms with Crippen LogP contribution in [0.15, 0.2) is 28.8 Å². The van der Waals surface area contributed by atoms with E-state index in [1.54, 1.807) is 0 Å². The third-order valence-electron chi connectivity index (χ3n) is 3.64. The van der Waals surface area contributed by atoms with Gasteiger partial charge in [-0.3, -0.25) is 0 Å². The van der Waals surface area contributed by atoms with Gasteiger partial charge in [-0.1, -0.05) is 49.7 Å². The van der Waals surface area contributed by atoms with Crippen molar-refractivity contribution in [2.75, 3.05) is 0 Å². The third-order valence-corrected chi connectivity index (χ3v) is 3.64. The second-order valence-electron chi connectivity index (χ2n) is 5.06. The van der Waals surface area contributed by atoms with Crippen LogP contribution < -0.4 is 5.73 Å². The Bertz CT molecular complexity index is 536. The van der Waals surface area contributed by atoms with Gasteiger partial charge in [0.05, 0.1) is 6.04 Å². The van der Waals surface area contributed by atoms with Crippen LogP contribution in [0.25, 0.3) is 0 Å². The molecule has 4 heteroatoms. The number of nitrogens with two attached hydrogens (primary N) is 1. The SMILES string of the molecule is CCC(C)C(N)c1nc(Cc2ccccc2C)no1. The van der Waals surface area contributed by atoms with Crippen molar-refractivity contribution in [3.8, 4) is 0 Å². The van der Waals surface area contributed by atoms with Crippen LogP contribution in [0.4, 0.5) is 0 Å². The highest BCUT2D eigenvalue weighted by Gasteiger charge is 2.20. The Morgan fingerprint density at radius 1 is 1.32 bits per heavy atom. The lowest BCUT2D eigenvalue weighted by atomic mass is 10.0. The average molecular weight is 259 g/mol. The Morgan fingerprint density at radius 2 is 2.05 bits per heavy atom. The van der Waals surface area contributed by atoms with E-state index in [0.29, 0.717) is 24.1 Å². The number of benzene rings is 1. The maximum atomic E-state index is 6.09. The van der Waals surface area contributed by atoms with Crippen molar-refractivity contribution in [3.05, 3.63) is 47.1 Å². The van der Waals surface area contributed by atoms with Crippen molar-refractivity contribution in [1.29, 1.82) is 0 Å². The van der Waals surface area contributed by atoms with Crippen molar-refractivity contribution in [2.45, 2.75) is 39.7 Å². The monoisotopic (exact) mass is 259 g/mol. The van der Waals surface area contributed by atoms with Gasteiger partial charge in [0.2, 0.25) is 5.89 Å². The molecule has 2 rings (SSSR count). The van der Waals surface area contributed by atoms with Crippen LogP contribution in [-0.4, -0.2) is 10.1 Å². The molecule has 2 N–H and O–H groups in total. The number of nitrogens with zero attached hydrogens (tertiary/aromatic N) is 2. The van der Waals surface area contributed by atoms with Crippen molar-refractivity contribution in [2.24, 2.45) is 11.7 Å². The van der Waals surface area contributed by atoms with Gasteiger partial charge in [0, 0.05) is 6.42 Å². The van der Waals surface area contributed by atoms with Crippen molar-refractivity contribution in [1.82, 2.24) is 10.1 Å². The van der Waals surface area contributed by atoms with Crippen molar-refractivity contribution >= 4 is 0 Å². The van der Waals surface area contributed by atoms with Crippen molar-refractivity contribution in [3.63, 3.8) is 0 Å². The van der Waals surface area contributed by atoms with Gasteiger partial charge in [0.25, 0.3) is 0 Å². The molecule has 0 bridgehead atoms. The van der Waals surface area contributed by atoms with Gasteiger partial charge in [-0.2, -0.15) is 4.98 Å². The largest absolute Gasteiger partial charge is 0.338 e. The fourth-order valence-corrected chi connectivity index (χ4v) is 1.95. The normalized spacial score (nSPS) is 14.3. The van der Waals surface area contributed by atoms with E-state index in [2.05, 4.69) is 43.0 Å². The van der Waals surface area contributed by atoms with Gasteiger partial charge < -0.3 is 10.3 Å². The Morgan fingerprint density at radius 3 is 2.74 bits per heavy atom. The highest BCUT2D eigenvalue weighted by atomic mass is 16.5. The number of aromatic nitrogens is 2. The third kappa shape index (κ3) is 3.20. The minimum atomic E-state index is -0.178. The summed E-state index contributed by atoms with van der Waals surface area (Å²) < 4.78 is 5.28. The summed E-state index contributed by atoms with van der Waals surface area (Å²) in [6.45, 7) is 6.28. The summed E-state index contributed by atoms with van der Waals surface area (Å²) in [5, 5.41) is 4.02. The molecule has 0 aliphatic rings. The number of hydrogen-bond acceptors (Lipinski definition) is 4. The molecule has 1 aromatic carbocycles. The fourth-order valence-electron chi connectivity index (χ4n) is 1.95. The van der Waals surface area contributed by atoms with Crippen LogP contribution in [0.5, 0.6) is 0 Å². The zero-order valence-corrected chi connectivity index (χ0v) is 11.8. The molecular weight excluding hydrogens is 238 g/mol. The summed E-state index contributed by atoms with van der Waals surface area (Å²) >= 11 is 0. The van der Waals surface area contributed by atoms with Gasteiger partial charge >= 0.3 is 0 Å². The minimum Gasteiger partial charge on any atom is -0.338 e. The van der Waals surface area contributed by atoms with Crippen LogP contribution in [0, 0.1) is 12.8 Å². The zero-order valence-electron chi connectivity index (χ0n) is 11.8. The van der Waals surface area contributed by atoms with Gasteiger partial charge in [0.1, 0.15) is 0 Å². The molecule has 0 radical (unpaired) electrons. The smallest absolute Gasteiger partial charge is 0.243 e. The Kier molecular flexibility index (Phi) is 4.32. The van der Waals surface area contributed by atoms with Crippen LogP contribution in [0.3, 0.4) is 0 Å². The summed E-state index contributed by atoms with van der Waals surface area (Å²) in [5.74, 6) is 1.58. The summed E-state index contributed by atoms with van der Waals surface area (Å²) in [6.07, 6.45) is 1.68. The summed E-state index contributed by atoms with van der Waals surface area (Å²) in [5.41, 5.74) is 8.54. The van der Waals surface area contributed by atoms with E-state index < -0.39 is 0 Å². The summed E-state index contributed by atoms with van der Waals surface area (Å²) in [4.78, 5) is 4.41. The van der Waals surface area contributed by atoms with Gasteiger partial charge in [-0.05, 0) is 24.0 Å². The topological polar surface area (TPSA) is 64.9 Å². The van der Waals surface area contributed by atoms with Crippen LogP contribution >= 0.6 is 0 Å². The lowest BCUT2D eigenvalue weighted by Crippen LogP contribution is -2.18. The van der Waals surface area contributed by atoms with E-state index >= 15 is 0 Å². The van der Waals surface area contributed by atoms with Crippen LogP contribution in [-0.2, 0) is 6.42 Å². The first-order valence-electron chi connectivity index (χ1n) is 6.74. The average Bonchev–Trinajstić information content (AvgIpc) is 2.88. The quantitative estimate of drug-likeness (QED) is 0.896. The highest BCUT2D eigenvalue weighted by Crippen LogP contribution is 2.21. The fraction of sp³-hybridized carbons (Fsp3) is 0.467. The standard InChI is InChI=1S/C15H21N3O/c1-4-10(2)14(16)15-17-13(18-19-15)9-12-8-6-5-7-11(12)3/h5-8,10,14H,4,9,16H2,1-3H3. The van der Waals surface area contributed by atoms with E-state index in [0.717, 1.165) is 6.42 Å². The predicted octanol–water partition coefficient (Wildman–Crippen LogP) is 3.01. The van der Waals surface area contributed by atoms with Gasteiger partial charge in [-0.25, -0.2) is 0 Å². The molecule has 0 spiro atoms. The zero-order chi connectivity index (χ0) is 13.8. The lowest BCUT2D eigenvalue weighted by molar-refractivity contribution is 0.310. The molecular formula is C15H21N3O. The van der Waals surface area contributed by atoms with E-state index in [-0.39, 0.29) is 6.04 Å². The first-order valence-corrected chi connectivity index (χ1v) is 6.74. The molecule has 102 valence electrons. The molecule has 1 aromatic heterocycles. The van der Waals surface area contributed by atoms with Gasteiger partial charge in [-0.15, -0.1) is 0 Å². The van der Waals surface area contributed by atoms with Crippen LogP contribution in [0.1, 0.15) is 49.2 Å². The van der Waals surface area contributed by atoms with E-state index in [9.17, 15) is 0 Å². The Hall–Kier alpha value is -1.68. The van der Waals surface area contributed by atoms with E-state index in [1.165, 1.54) is 11.1 Å². The minimum absolute atomic E-state index is 0.178. The molecule has 2 atom stereocenters. The first-order chi connectivity index (χ1) is 9.11. The molecule has 0 aliphatic heterocycles. The molecule has 1 heterocycles. The highest BCUT2D eigenvalue weighted by molar-refractivity contribution is 5.28. The van der Waals surface area contributed by atoms with E-state index in [4.69, 9.17) is 10.3 Å². The molecule has 4 nitrogen and oxygen atoms in total. The molecule has 2 unspecified atom stereocenters. The maximum absolute atomic E-state index is 6.09. The van der Waals surface area contributed by atoms with E-state index in [1.807, 2.05) is 12.1 Å². The maximum Gasteiger partial charge on any atom is 0.243 e. The predicted molar refractivity (Wildman–Crippen MR) is 74.7 cm³/mol. The second kappa shape index (κ2) is 5.97. The number of rotatable bonds is 5. The lowest BCUT2D eigenvalue weighted by Gasteiger charge is -2.12. The number of hydrogen-bond donors (Lipinski definition) is 1. The molecule has 0 fully saturated rings. The Balaban J connectivity index is 2.12. The summed E-state index contributed by atoms with van der Waals surface area (Å²) in [6, 6.07) is 8.04. The first kappa shape index (κ1) is 13.7. The molecule has 0 saturated carbocycles. The van der Waals surface area contributed by atoms with Gasteiger partial charge in [0.15, 0.2) is 5.82 Å². The summed E-state index contributed by atoms with van der Waals surface area (Å²) in [7, 11) is 0. The molecule has 2 aromatic rings. The molecule has 0 aliphatic carbocycles. The molecule has 0 amide bonds. The molecule has 19 heavy (non-hydrogen) atoms. The van der Waals surface area contributed by atoms with Crippen molar-refractivity contribution < 1.29 is 4.52 Å². The second-order valence-corrected chi connectivity index (χ2v) is 5.06.